The standard InChI is InChI=1S/C21H36N6O/c1-5-26-11-13-27(14-12-26)17(2)16-25-21(23-4)24-10-9-18-7-6-8-19(15-18)20(28)22-3/h6-8,15,17H,5,9-14,16H2,1-4H3,(H,22,28)(H2,23,24,25). The molecule has 1 aliphatic rings. The first-order valence-electron chi connectivity index (χ1n) is 10.3. The van der Waals surface area contributed by atoms with Gasteiger partial charge in [-0.25, -0.2) is 0 Å². The van der Waals surface area contributed by atoms with Crippen molar-refractivity contribution in [3.05, 3.63) is 35.4 Å². The Morgan fingerprint density at radius 3 is 2.61 bits per heavy atom. The van der Waals surface area contributed by atoms with Crippen LogP contribution in [0.1, 0.15) is 29.8 Å². The predicted molar refractivity (Wildman–Crippen MR) is 116 cm³/mol. The second-order valence-electron chi connectivity index (χ2n) is 7.23. The smallest absolute Gasteiger partial charge is 0.251 e. The first-order chi connectivity index (χ1) is 13.6. The van der Waals surface area contributed by atoms with Crippen molar-refractivity contribution in [2.75, 3.05) is 59.9 Å². The van der Waals surface area contributed by atoms with Gasteiger partial charge in [0.2, 0.25) is 0 Å². The zero-order valence-electron chi connectivity index (χ0n) is 17.8. The van der Waals surface area contributed by atoms with E-state index in [1.165, 1.54) is 0 Å². The van der Waals surface area contributed by atoms with Gasteiger partial charge in [-0.05, 0) is 37.6 Å². The van der Waals surface area contributed by atoms with Gasteiger partial charge >= 0.3 is 0 Å². The first kappa shape index (κ1) is 22.2. The summed E-state index contributed by atoms with van der Waals surface area (Å²) in [5, 5.41) is 9.46. The molecular weight excluding hydrogens is 352 g/mol. The molecular formula is C21H36N6O. The highest BCUT2D eigenvalue weighted by Crippen LogP contribution is 2.06. The summed E-state index contributed by atoms with van der Waals surface area (Å²) in [5.41, 5.74) is 1.82. The Kier molecular flexibility index (Phi) is 9.23. The second kappa shape index (κ2) is 11.7. The molecule has 1 atom stereocenters. The summed E-state index contributed by atoms with van der Waals surface area (Å²) in [6, 6.07) is 8.21. The van der Waals surface area contributed by atoms with Crippen LogP contribution in [0.25, 0.3) is 0 Å². The fraction of sp³-hybridized carbons (Fsp3) is 0.619. The normalized spacial score (nSPS) is 17.2. The molecule has 0 spiro atoms. The fourth-order valence-corrected chi connectivity index (χ4v) is 3.45. The average Bonchev–Trinajstić information content (AvgIpc) is 2.75. The SMILES string of the molecule is CCN1CCN(C(C)CNC(=NC)NCCc2cccc(C(=O)NC)c2)CC1. The number of carbonyl (C=O) groups excluding carboxylic acids is 1. The first-order valence-corrected chi connectivity index (χ1v) is 10.3. The minimum Gasteiger partial charge on any atom is -0.356 e. The van der Waals surface area contributed by atoms with E-state index in [9.17, 15) is 4.79 Å². The number of rotatable bonds is 8. The van der Waals surface area contributed by atoms with Gasteiger partial charge in [0.15, 0.2) is 5.96 Å². The van der Waals surface area contributed by atoms with Crippen LogP contribution in [0.5, 0.6) is 0 Å². The van der Waals surface area contributed by atoms with Crippen LogP contribution in [-0.4, -0.2) is 87.6 Å². The van der Waals surface area contributed by atoms with Crippen LogP contribution in [-0.2, 0) is 6.42 Å². The van der Waals surface area contributed by atoms with Crippen molar-refractivity contribution in [1.29, 1.82) is 0 Å². The number of piperazine rings is 1. The topological polar surface area (TPSA) is 72.0 Å². The van der Waals surface area contributed by atoms with Gasteiger partial charge in [-0.1, -0.05) is 19.1 Å². The van der Waals surface area contributed by atoms with Crippen LogP contribution < -0.4 is 16.0 Å². The molecule has 1 fully saturated rings. The van der Waals surface area contributed by atoms with E-state index in [-0.39, 0.29) is 5.91 Å². The van der Waals surface area contributed by atoms with Gasteiger partial charge in [0, 0.05) is 65.0 Å². The summed E-state index contributed by atoms with van der Waals surface area (Å²) in [7, 11) is 3.45. The fourth-order valence-electron chi connectivity index (χ4n) is 3.45. The Labute approximate surface area is 169 Å². The molecule has 1 aromatic rings. The zero-order valence-corrected chi connectivity index (χ0v) is 17.8. The van der Waals surface area contributed by atoms with Crippen molar-refractivity contribution in [1.82, 2.24) is 25.8 Å². The Bertz CT molecular complexity index is 640. The monoisotopic (exact) mass is 388 g/mol. The van der Waals surface area contributed by atoms with Crippen molar-refractivity contribution in [2.24, 2.45) is 4.99 Å². The van der Waals surface area contributed by atoms with Crippen molar-refractivity contribution in [3.8, 4) is 0 Å². The van der Waals surface area contributed by atoms with Gasteiger partial charge in [-0.15, -0.1) is 0 Å². The van der Waals surface area contributed by atoms with Crippen LogP contribution >= 0.6 is 0 Å². The summed E-state index contributed by atoms with van der Waals surface area (Å²) in [4.78, 5) is 21.1. The Morgan fingerprint density at radius 1 is 1.21 bits per heavy atom. The number of hydrogen-bond donors (Lipinski definition) is 3. The lowest BCUT2D eigenvalue weighted by molar-refractivity contribution is 0.0963. The molecule has 1 unspecified atom stereocenters. The number of hydrogen-bond acceptors (Lipinski definition) is 4. The van der Waals surface area contributed by atoms with E-state index < -0.39 is 0 Å². The van der Waals surface area contributed by atoms with Gasteiger partial charge in [0.25, 0.3) is 5.91 Å². The molecule has 1 aliphatic heterocycles. The number of aliphatic imine (C=N–C) groups is 1. The lowest BCUT2D eigenvalue weighted by Crippen LogP contribution is -2.53. The summed E-state index contributed by atoms with van der Waals surface area (Å²) in [6.07, 6.45) is 0.833. The molecule has 28 heavy (non-hydrogen) atoms. The van der Waals surface area contributed by atoms with Gasteiger partial charge in [-0.3, -0.25) is 14.7 Å². The molecule has 0 saturated carbocycles. The van der Waals surface area contributed by atoms with Crippen LogP contribution in [0, 0.1) is 0 Å². The molecule has 1 amide bonds. The van der Waals surface area contributed by atoms with E-state index in [1.807, 2.05) is 24.3 Å². The molecule has 0 aliphatic carbocycles. The largest absolute Gasteiger partial charge is 0.356 e. The molecule has 7 heteroatoms. The second-order valence-corrected chi connectivity index (χ2v) is 7.23. The molecule has 0 bridgehead atoms. The Hall–Kier alpha value is -2.12. The molecule has 3 N–H and O–H groups in total. The van der Waals surface area contributed by atoms with E-state index in [1.54, 1.807) is 14.1 Å². The van der Waals surface area contributed by atoms with Crippen molar-refractivity contribution in [2.45, 2.75) is 26.3 Å². The third-order valence-electron chi connectivity index (χ3n) is 5.39. The number of nitrogens with one attached hydrogen (secondary N) is 3. The number of benzene rings is 1. The van der Waals surface area contributed by atoms with Crippen molar-refractivity contribution < 1.29 is 4.79 Å². The van der Waals surface area contributed by atoms with Gasteiger partial charge in [0.1, 0.15) is 0 Å². The number of amides is 1. The van der Waals surface area contributed by atoms with E-state index in [4.69, 9.17) is 0 Å². The highest BCUT2D eigenvalue weighted by Gasteiger charge is 2.20. The number of nitrogens with zero attached hydrogens (tertiary/aromatic N) is 3. The number of likely N-dealkylation sites (N-methyl/N-ethyl adjacent to an activating group) is 1. The van der Waals surface area contributed by atoms with E-state index >= 15 is 0 Å². The molecule has 0 radical (unpaired) electrons. The minimum absolute atomic E-state index is 0.0546. The maximum absolute atomic E-state index is 11.7. The van der Waals surface area contributed by atoms with E-state index in [2.05, 4.69) is 44.6 Å². The molecule has 0 aromatic heterocycles. The van der Waals surface area contributed by atoms with Gasteiger partial charge in [-0.2, -0.15) is 0 Å². The maximum atomic E-state index is 11.7. The van der Waals surface area contributed by atoms with Crippen LogP contribution in [0.15, 0.2) is 29.3 Å². The number of guanidine groups is 1. The minimum atomic E-state index is -0.0546. The summed E-state index contributed by atoms with van der Waals surface area (Å²) < 4.78 is 0. The van der Waals surface area contributed by atoms with Crippen LogP contribution in [0.2, 0.25) is 0 Å². The quantitative estimate of drug-likeness (QED) is 0.453. The molecule has 7 nitrogen and oxygen atoms in total. The average molecular weight is 389 g/mol. The predicted octanol–water partition coefficient (Wildman–Crippen LogP) is 0.780. The Morgan fingerprint density at radius 2 is 1.96 bits per heavy atom. The molecule has 1 heterocycles. The zero-order chi connectivity index (χ0) is 20.4. The highest BCUT2D eigenvalue weighted by molar-refractivity contribution is 5.94. The van der Waals surface area contributed by atoms with E-state index in [0.29, 0.717) is 11.6 Å². The Balaban J connectivity index is 1.72. The third kappa shape index (κ3) is 6.80. The lowest BCUT2D eigenvalue weighted by Gasteiger charge is -2.37. The maximum Gasteiger partial charge on any atom is 0.251 e. The third-order valence-corrected chi connectivity index (χ3v) is 5.39. The van der Waals surface area contributed by atoms with E-state index in [0.717, 1.165) is 63.8 Å². The molecule has 156 valence electrons. The summed E-state index contributed by atoms with van der Waals surface area (Å²) in [6.45, 7) is 11.8. The van der Waals surface area contributed by atoms with Gasteiger partial charge in [0.05, 0.1) is 0 Å². The van der Waals surface area contributed by atoms with Crippen molar-refractivity contribution in [3.63, 3.8) is 0 Å². The summed E-state index contributed by atoms with van der Waals surface area (Å²) in [5.74, 6) is 0.766. The summed E-state index contributed by atoms with van der Waals surface area (Å²) >= 11 is 0. The molecule has 2 rings (SSSR count). The van der Waals surface area contributed by atoms with Crippen LogP contribution in [0.4, 0.5) is 0 Å². The van der Waals surface area contributed by atoms with Crippen molar-refractivity contribution >= 4 is 11.9 Å². The lowest BCUT2D eigenvalue weighted by atomic mass is 10.1. The molecule has 1 aromatic carbocycles. The van der Waals surface area contributed by atoms with Crippen LogP contribution in [0.3, 0.4) is 0 Å². The highest BCUT2D eigenvalue weighted by atomic mass is 16.1. The molecule has 1 saturated heterocycles. The van der Waals surface area contributed by atoms with Gasteiger partial charge < -0.3 is 20.9 Å². The number of carbonyl (C=O) groups is 1.